The van der Waals surface area contributed by atoms with Crippen LogP contribution < -0.4 is 32.3 Å². The predicted octanol–water partition coefficient (Wildman–Crippen LogP) is 0.697. The minimum absolute atomic E-state index is 0.0480. The van der Waals surface area contributed by atoms with Crippen LogP contribution in [0.1, 0.15) is 72.8 Å². The van der Waals surface area contributed by atoms with Crippen molar-refractivity contribution in [3.63, 3.8) is 0 Å². The molecule has 13 nitrogen and oxygen atoms in total. The molecule has 7 N–H and O–H groups in total. The van der Waals surface area contributed by atoms with Crippen LogP contribution in [0.4, 0.5) is 0 Å². The lowest BCUT2D eigenvalue weighted by molar-refractivity contribution is -0.152. The van der Waals surface area contributed by atoms with Crippen LogP contribution in [-0.2, 0) is 39.9 Å². The Bertz CT molecular complexity index is 1090. The first kappa shape index (κ1) is 39.0. The number of carbonyl (C=O) groups is 6. The Balaban J connectivity index is 0.000000538. The molecule has 0 bridgehead atoms. The maximum atomic E-state index is 12.7. The molecule has 5 amide bonds. The molecule has 0 aromatic heterocycles. The summed E-state index contributed by atoms with van der Waals surface area (Å²) in [5.41, 5.74) is 6.34. The summed E-state index contributed by atoms with van der Waals surface area (Å²) in [5.74, 6) is -1.98. The van der Waals surface area contributed by atoms with E-state index >= 15 is 0 Å². The first-order valence-electron chi connectivity index (χ1n) is 15.7. The Hall–Kier alpha value is -4.00. The Morgan fingerprint density at radius 2 is 1.49 bits per heavy atom. The van der Waals surface area contributed by atoms with Crippen molar-refractivity contribution in [2.24, 2.45) is 17.6 Å². The number of benzene rings is 1. The van der Waals surface area contributed by atoms with E-state index in [2.05, 4.69) is 26.6 Å². The lowest BCUT2D eigenvalue weighted by Gasteiger charge is -2.26. The fourth-order valence-corrected chi connectivity index (χ4v) is 4.20. The van der Waals surface area contributed by atoms with E-state index in [1.807, 2.05) is 51.1 Å². The van der Waals surface area contributed by atoms with E-state index < -0.39 is 42.0 Å². The number of rotatable bonds is 17. The fraction of sp³-hybridized carbons (Fsp3) is 0.625. The molecular weight excluding hydrogens is 580 g/mol. The Kier molecular flexibility index (Phi) is 18.1. The number of esters is 1. The van der Waals surface area contributed by atoms with E-state index in [9.17, 15) is 28.8 Å². The van der Waals surface area contributed by atoms with Gasteiger partial charge in [0, 0.05) is 13.0 Å². The van der Waals surface area contributed by atoms with E-state index in [4.69, 9.17) is 10.5 Å². The Morgan fingerprint density at radius 3 is 1.98 bits per heavy atom. The maximum Gasteiger partial charge on any atom is 0.325 e. The zero-order chi connectivity index (χ0) is 33.9. The molecule has 45 heavy (non-hydrogen) atoms. The van der Waals surface area contributed by atoms with Crippen LogP contribution in [0.3, 0.4) is 0 Å². The summed E-state index contributed by atoms with van der Waals surface area (Å²) < 4.78 is 5.20. The van der Waals surface area contributed by atoms with Gasteiger partial charge in [-0.05, 0) is 50.5 Å². The van der Waals surface area contributed by atoms with E-state index in [1.165, 1.54) is 0 Å². The smallest absolute Gasteiger partial charge is 0.325 e. The van der Waals surface area contributed by atoms with Gasteiger partial charge >= 0.3 is 5.97 Å². The minimum atomic E-state index is -0.842. The van der Waals surface area contributed by atoms with Gasteiger partial charge in [0.15, 0.2) is 0 Å². The largest absolute Gasteiger partial charge is 0.461 e. The number of carbonyl (C=O) groups excluding carboxylic acids is 6. The standard InChI is InChI=1S/C21H29N3O5.C11H23N3O2/c1-14(2)19(21(28)22-12-18(26)29-16-9-6-10-16)24-20(27)17(23-13-25)11-15-7-4-3-5-8-15;1-5-7(3)9(11(16)13-6-2)14-10(15)8(4)12/h3-5,7-8,13-14,16-17,19H,6,9-12H2,1-2H3,(H,22,28)(H,23,25)(H,24,27);7-9H,5-6,12H2,1-4H3,(H,13,16)(H,14,15). The molecule has 1 saturated carbocycles. The topological polar surface area (TPSA) is 198 Å². The third kappa shape index (κ3) is 14.6. The molecule has 0 spiro atoms. The van der Waals surface area contributed by atoms with Crippen molar-refractivity contribution in [3.8, 4) is 0 Å². The van der Waals surface area contributed by atoms with Gasteiger partial charge in [0.2, 0.25) is 30.0 Å². The van der Waals surface area contributed by atoms with Crippen molar-refractivity contribution < 1.29 is 33.5 Å². The summed E-state index contributed by atoms with van der Waals surface area (Å²) in [7, 11) is 0. The van der Waals surface area contributed by atoms with Gasteiger partial charge in [0.25, 0.3) is 0 Å². The highest BCUT2D eigenvalue weighted by Crippen LogP contribution is 2.21. The molecule has 0 radical (unpaired) electrons. The maximum absolute atomic E-state index is 12.7. The minimum Gasteiger partial charge on any atom is -0.461 e. The molecule has 1 aromatic carbocycles. The van der Waals surface area contributed by atoms with Crippen LogP contribution in [0, 0.1) is 11.8 Å². The van der Waals surface area contributed by atoms with Crippen molar-refractivity contribution in [3.05, 3.63) is 35.9 Å². The number of hydrogen-bond acceptors (Lipinski definition) is 8. The first-order valence-corrected chi connectivity index (χ1v) is 15.7. The normalized spacial score (nSPS) is 15.7. The second kappa shape index (κ2) is 20.9. The fourth-order valence-electron chi connectivity index (χ4n) is 4.20. The van der Waals surface area contributed by atoms with Crippen molar-refractivity contribution >= 4 is 36.0 Å². The van der Waals surface area contributed by atoms with Gasteiger partial charge in [-0.25, -0.2) is 0 Å². The van der Waals surface area contributed by atoms with Crippen LogP contribution in [0.2, 0.25) is 0 Å². The van der Waals surface area contributed by atoms with Crippen LogP contribution in [-0.4, -0.2) is 79.4 Å². The molecule has 5 unspecified atom stereocenters. The number of ether oxygens (including phenoxy) is 1. The predicted molar refractivity (Wildman–Crippen MR) is 170 cm³/mol. The molecule has 1 fully saturated rings. The molecule has 0 heterocycles. The molecule has 0 aliphatic heterocycles. The zero-order valence-electron chi connectivity index (χ0n) is 27.4. The molecule has 0 saturated heterocycles. The third-order valence-corrected chi connectivity index (χ3v) is 7.43. The SMILES string of the molecule is CC(C)C(NC(=O)C(Cc1ccccc1)NC=O)C(=O)NCC(=O)OC1CCC1.CCNC(=O)C(NC(=O)C(C)N)C(C)CC. The molecule has 2 rings (SSSR count). The Morgan fingerprint density at radius 1 is 0.889 bits per heavy atom. The molecule has 13 heteroatoms. The molecule has 1 aromatic rings. The van der Waals surface area contributed by atoms with Gasteiger partial charge in [-0.3, -0.25) is 28.8 Å². The Labute approximate surface area is 266 Å². The molecule has 252 valence electrons. The average Bonchev–Trinajstić information content (AvgIpc) is 2.99. The number of hydrogen-bond donors (Lipinski definition) is 6. The van der Waals surface area contributed by atoms with Gasteiger partial charge in [-0.1, -0.05) is 64.4 Å². The van der Waals surface area contributed by atoms with Gasteiger partial charge in [0.1, 0.15) is 30.8 Å². The number of nitrogens with one attached hydrogen (secondary N) is 5. The summed E-state index contributed by atoms with van der Waals surface area (Å²) in [6.45, 7) is 11.2. The van der Waals surface area contributed by atoms with Crippen LogP contribution in [0.15, 0.2) is 30.3 Å². The van der Waals surface area contributed by atoms with E-state index in [0.29, 0.717) is 19.4 Å². The molecule has 5 atom stereocenters. The summed E-state index contributed by atoms with van der Waals surface area (Å²) in [6.07, 6.45) is 4.30. The van der Waals surface area contributed by atoms with Crippen LogP contribution in [0.25, 0.3) is 0 Å². The van der Waals surface area contributed by atoms with E-state index in [-0.39, 0.29) is 36.3 Å². The van der Waals surface area contributed by atoms with Gasteiger partial charge in [0.05, 0.1) is 6.04 Å². The first-order chi connectivity index (χ1) is 21.3. The van der Waals surface area contributed by atoms with Gasteiger partial charge in [-0.2, -0.15) is 0 Å². The van der Waals surface area contributed by atoms with E-state index in [0.717, 1.165) is 31.2 Å². The number of amides is 5. The summed E-state index contributed by atoms with van der Waals surface area (Å²) >= 11 is 0. The van der Waals surface area contributed by atoms with E-state index in [1.54, 1.807) is 20.8 Å². The highest BCUT2D eigenvalue weighted by molar-refractivity contribution is 5.92. The highest BCUT2D eigenvalue weighted by atomic mass is 16.5. The van der Waals surface area contributed by atoms with Crippen molar-refractivity contribution in [1.82, 2.24) is 26.6 Å². The molecule has 1 aliphatic rings. The third-order valence-electron chi connectivity index (χ3n) is 7.43. The van der Waals surface area contributed by atoms with Crippen molar-refractivity contribution in [2.75, 3.05) is 13.1 Å². The summed E-state index contributed by atoms with van der Waals surface area (Å²) in [6, 6.07) is 6.51. The zero-order valence-corrected chi connectivity index (χ0v) is 27.4. The van der Waals surface area contributed by atoms with Gasteiger partial charge < -0.3 is 37.1 Å². The lowest BCUT2D eigenvalue weighted by Crippen LogP contribution is -2.55. The van der Waals surface area contributed by atoms with Gasteiger partial charge in [-0.15, -0.1) is 0 Å². The van der Waals surface area contributed by atoms with Crippen LogP contribution in [0.5, 0.6) is 0 Å². The number of likely N-dealkylation sites (N-methyl/N-ethyl adjacent to an activating group) is 1. The lowest BCUT2D eigenvalue weighted by atomic mass is 9.96. The quantitative estimate of drug-likeness (QED) is 0.107. The second-order valence-corrected chi connectivity index (χ2v) is 11.6. The molecule has 1 aliphatic carbocycles. The number of nitrogens with two attached hydrogens (primary N) is 1. The summed E-state index contributed by atoms with van der Waals surface area (Å²) in [5, 5.41) is 13.1. The van der Waals surface area contributed by atoms with Crippen LogP contribution >= 0.6 is 0 Å². The second-order valence-electron chi connectivity index (χ2n) is 11.6. The van der Waals surface area contributed by atoms with Crippen molar-refractivity contribution in [1.29, 1.82) is 0 Å². The van der Waals surface area contributed by atoms with Crippen molar-refractivity contribution in [2.45, 2.75) is 104 Å². The summed E-state index contributed by atoms with van der Waals surface area (Å²) in [4.78, 5) is 71.1. The monoisotopic (exact) mass is 632 g/mol. The molecular formula is C32H52N6O7. The highest BCUT2D eigenvalue weighted by Gasteiger charge is 2.29. The average molecular weight is 633 g/mol.